The Bertz CT molecular complexity index is 1350. The number of ether oxygens (including phenoxy) is 1. The molecule has 0 saturated heterocycles. The molecule has 6 nitrogen and oxygen atoms in total. The highest BCUT2D eigenvalue weighted by Gasteiger charge is 2.38. The Labute approximate surface area is 207 Å². The molecule has 3 aromatic rings. The first-order valence-electron chi connectivity index (χ1n) is 10.9. The van der Waals surface area contributed by atoms with Crippen LogP contribution in [0.15, 0.2) is 59.7 Å². The molecule has 2 aromatic carbocycles. The first-order chi connectivity index (χ1) is 17.3. The SMILES string of the molecule is CN(C)c1ccc(-c2cccc(C3=Nc4cc(OCC(F)(F)F)c(C(F)(F)F)cc4NC(=O)C3)c2)cn1. The van der Waals surface area contributed by atoms with Gasteiger partial charge >= 0.3 is 12.4 Å². The summed E-state index contributed by atoms with van der Waals surface area (Å²) in [6.45, 7) is -1.92. The van der Waals surface area contributed by atoms with Crippen molar-refractivity contribution in [2.45, 2.75) is 18.8 Å². The van der Waals surface area contributed by atoms with Crippen LogP contribution in [0.4, 0.5) is 43.5 Å². The Hall–Kier alpha value is -4.09. The lowest BCUT2D eigenvalue weighted by Crippen LogP contribution is -2.21. The molecule has 2 heterocycles. The Kier molecular flexibility index (Phi) is 6.85. The van der Waals surface area contributed by atoms with Gasteiger partial charge in [-0.2, -0.15) is 26.3 Å². The molecule has 4 rings (SSSR count). The van der Waals surface area contributed by atoms with Crippen molar-refractivity contribution in [3.8, 4) is 16.9 Å². The van der Waals surface area contributed by atoms with Gasteiger partial charge in [-0.15, -0.1) is 0 Å². The van der Waals surface area contributed by atoms with Crippen molar-refractivity contribution in [3.63, 3.8) is 0 Å². The van der Waals surface area contributed by atoms with Crippen LogP contribution in [0.25, 0.3) is 11.1 Å². The number of carbonyl (C=O) groups is 1. The third kappa shape index (κ3) is 6.19. The number of amides is 1. The third-order valence-electron chi connectivity index (χ3n) is 5.39. The number of pyridine rings is 1. The molecular weight excluding hydrogens is 502 g/mol. The lowest BCUT2D eigenvalue weighted by atomic mass is 10.0. The van der Waals surface area contributed by atoms with Crippen molar-refractivity contribution in [1.29, 1.82) is 0 Å². The van der Waals surface area contributed by atoms with E-state index in [0.29, 0.717) is 11.6 Å². The van der Waals surface area contributed by atoms with Gasteiger partial charge in [-0.3, -0.25) is 4.79 Å². The first-order valence-corrected chi connectivity index (χ1v) is 10.9. The van der Waals surface area contributed by atoms with E-state index in [2.05, 4.69) is 20.0 Å². The predicted molar refractivity (Wildman–Crippen MR) is 126 cm³/mol. The van der Waals surface area contributed by atoms with E-state index in [1.165, 1.54) is 0 Å². The summed E-state index contributed by atoms with van der Waals surface area (Å²) >= 11 is 0. The number of rotatable bonds is 5. The number of nitrogens with one attached hydrogen (secondary N) is 1. The number of aromatic nitrogens is 1. The molecule has 0 atom stereocenters. The number of fused-ring (bicyclic) bond motifs is 1. The van der Waals surface area contributed by atoms with E-state index in [1.807, 2.05) is 37.2 Å². The van der Waals surface area contributed by atoms with Crippen LogP contribution < -0.4 is 15.0 Å². The largest absolute Gasteiger partial charge is 0.483 e. The smallest absolute Gasteiger partial charge is 0.422 e. The fraction of sp³-hybridized carbons (Fsp3) is 0.240. The molecule has 1 aromatic heterocycles. The fourth-order valence-corrected chi connectivity index (χ4v) is 3.66. The van der Waals surface area contributed by atoms with E-state index in [-0.39, 0.29) is 23.5 Å². The number of benzene rings is 2. The zero-order valence-corrected chi connectivity index (χ0v) is 19.5. The lowest BCUT2D eigenvalue weighted by Gasteiger charge is -2.17. The summed E-state index contributed by atoms with van der Waals surface area (Å²) in [7, 11) is 3.71. The quantitative estimate of drug-likeness (QED) is 0.403. The number of hydrogen-bond donors (Lipinski definition) is 1. The molecular formula is C25H20F6N4O2. The van der Waals surface area contributed by atoms with Crippen molar-refractivity contribution in [1.82, 2.24) is 4.98 Å². The summed E-state index contributed by atoms with van der Waals surface area (Å²) in [5, 5.41) is 2.35. The molecule has 1 amide bonds. The summed E-state index contributed by atoms with van der Waals surface area (Å²) < 4.78 is 83.0. The van der Waals surface area contributed by atoms with Gasteiger partial charge in [0, 0.05) is 31.9 Å². The Balaban J connectivity index is 1.76. The topological polar surface area (TPSA) is 66.8 Å². The van der Waals surface area contributed by atoms with E-state index < -0.39 is 36.2 Å². The van der Waals surface area contributed by atoms with Crippen LogP contribution >= 0.6 is 0 Å². The van der Waals surface area contributed by atoms with E-state index >= 15 is 0 Å². The molecule has 1 aliphatic heterocycles. The Morgan fingerprint density at radius 3 is 2.32 bits per heavy atom. The molecule has 1 aliphatic rings. The number of carbonyl (C=O) groups excluding carboxylic acids is 1. The van der Waals surface area contributed by atoms with Gasteiger partial charge in [0.2, 0.25) is 5.91 Å². The number of aliphatic imine (C=N–C) groups is 1. The molecule has 12 heteroatoms. The highest BCUT2D eigenvalue weighted by molar-refractivity contribution is 6.17. The van der Waals surface area contributed by atoms with E-state index in [0.717, 1.165) is 23.0 Å². The minimum absolute atomic E-state index is 0.159. The van der Waals surface area contributed by atoms with Crippen LogP contribution in [0.3, 0.4) is 0 Å². The average molecular weight is 522 g/mol. The fourth-order valence-electron chi connectivity index (χ4n) is 3.66. The molecule has 0 spiro atoms. The molecule has 0 radical (unpaired) electrons. The number of halogens is 6. The van der Waals surface area contributed by atoms with Crippen molar-refractivity contribution in [2.24, 2.45) is 4.99 Å². The minimum Gasteiger partial charge on any atom is -0.483 e. The molecule has 0 saturated carbocycles. The highest BCUT2D eigenvalue weighted by Crippen LogP contribution is 2.43. The standard InChI is InChI=1S/C25H20F6N4O2/c1-35(2)22-7-6-16(12-32-22)14-4-3-5-15(8-14)18-11-23(36)34-19-9-17(25(29,30)31)21(10-20(19)33-18)37-13-24(26,27)28/h3-10,12H,11,13H2,1-2H3,(H,34,36). The molecule has 0 bridgehead atoms. The van der Waals surface area contributed by atoms with Crippen molar-refractivity contribution < 1.29 is 35.9 Å². The van der Waals surface area contributed by atoms with Crippen LogP contribution in [-0.2, 0) is 11.0 Å². The Morgan fingerprint density at radius 1 is 0.973 bits per heavy atom. The van der Waals surface area contributed by atoms with Gasteiger partial charge in [0.15, 0.2) is 6.61 Å². The predicted octanol–water partition coefficient (Wildman–Crippen LogP) is 6.24. The second-order valence-electron chi connectivity index (χ2n) is 8.43. The summed E-state index contributed by atoms with van der Waals surface area (Å²) in [4.78, 5) is 23.1. The second-order valence-corrected chi connectivity index (χ2v) is 8.43. The molecule has 194 valence electrons. The van der Waals surface area contributed by atoms with Crippen LogP contribution in [0.2, 0.25) is 0 Å². The van der Waals surface area contributed by atoms with Gasteiger partial charge in [0.05, 0.1) is 29.1 Å². The molecule has 0 fully saturated rings. The summed E-state index contributed by atoms with van der Waals surface area (Å²) in [5.74, 6) is -0.913. The average Bonchev–Trinajstić information content (AvgIpc) is 2.99. The van der Waals surface area contributed by atoms with Crippen LogP contribution in [0, 0.1) is 0 Å². The molecule has 0 unspecified atom stereocenters. The molecule has 37 heavy (non-hydrogen) atoms. The zero-order chi connectivity index (χ0) is 27.0. The van der Waals surface area contributed by atoms with Gasteiger partial charge in [-0.1, -0.05) is 18.2 Å². The zero-order valence-electron chi connectivity index (χ0n) is 19.5. The van der Waals surface area contributed by atoms with Crippen molar-refractivity contribution in [2.75, 3.05) is 30.9 Å². The highest BCUT2D eigenvalue weighted by atomic mass is 19.4. The van der Waals surface area contributed by atoms with Gasteiger partial charge in [0.25, 0.3) is 0 Å². The van der Waals surface area contributed by atoms with Crippen LogP contribution in [0.1, 0.15) is 17.5 Å². The van der Waals surface area contributed by atoms with Crippen molar-refractivity contribution in [3.05, 3.63) is 65.9 Å². The lowest BCUT2D eigenvalue weighted by molar-refractivity contribution is -0.158. The number of alkyl halides is 6. The maximum Gasteiger partial charge on any atom is 0.422 e. The van der Waals surface area contributed by atoms with E-state index in [1.54, 1.807) is 24.4 Å². The monoisotopic (exact) mass is 522 g/mol. The van der Waals surface area contributed by atoms with Gasteiger partial charge in [-0.25, -0.2) is 9.98 Å². The number of hydrogen-bond acceptors (Lipinski definition) is 5. The normalized spacial score (nSPS) is 13.8. The van der Waals surface area contributed by atoms with Gasteiger partial charge in [0.1, 0.15) is 11.6 Å². The Morgan fingerprint density at radius 2 is 1.70 bits per heavy atom. The summed E-state index contributed by atoms with van der Waals surface area (Å²) in [5.41, 5.74) is 0.367. The van der Waals surface area contributed by atoms with Gasteiger partial charge in [-0.05, 0) is 35.4 Å². The maximum atomic E-state index is 13.5. The summed E-state index contributed by atoms with van der Waals surface area (Å²) in [6, 6.07) is 11.9. The van der Waals surface area contributed by atoms with E-state index in [9.17, 15) is 31.1 Å². The number of nitrogens with zero attached hydrogens (tertiary/aromatic N) is 3. The minimum atomic E-state index is -5.02. The maximum absolute atomic E-state index is 13.5. The van der Waals surface area contributed by atoms with E-state index in [4.69, 9.17) is 0 Å². The molecule has 1 N–H and O–H groups in total. The molecule has 0 aliphatic carbocycles. The first kappa shape index (κ1) is 26.0. The van der Waals surface area contributed by atoms with Crippen molar-refractivity contribution >= 4 is 28.8 Å². The number of anilines is 2. The summed E-state index contributed by atoms with van der Waals surface area (Å²) in [6.07, 6.45) is -8.47. The van der Waals surface area contributed by atoms with Crippen LogP contribution in [-0.4, -0.2) is 43.5 Å². The third-order valence-corrected chi connectivity index (χ3v) is 5.39. The van der Waals surface area contributed by atoms with Gasteiger partial charge < -0.3 is 15.0 Å². The second kappa shape index (κ2) is 9.75. The van der Waals surface area contributed by atoms with Crippen LogP contribution in [0.5, 0.6) is 5.75 Å².